The quantitative estimate of drug-likeness (QED) is 0.678. The molecule has 0 spiro atoms. The molecule has 0 radical (unpaired) electrons. The van der Waals surface area contributed by atoms with Crippen LogP contribution in [0.4, 0.5) is 0 Å². The van der Waals surface area contributed by atoms with Gasteiger partial charge in [-0.25, -0.2) is 0 Å². The Morgan fingerprint density at radius 2 is 2.17 bits per heavy atom. The molecule has 0 aliphatic rings. The van der Waals surface area contributed by atoms with Crippen LogP contribution >= 0.6 is 0 Å². The average Bonchev–Trinajstić information content (AvgIpc) is 2.37. The Morgan fingerprint density at radius 1 is 1.44 bits per heavy atom. The van der Waals surface area contributed by atoms with E-state index in [-0.39, 0.29) is 5.91 Å². The molecule has 4 nitrogen and oxygen atoms in total. The molecule has 0 aliphatic carbocycles. The standard InChI is InChI=1S/C14H22N2O2/c1-2-5-12(17)10-16-14(18)13-7-4-3-6-11(13)8-9-15/h3-4,6-7,12,17H,2,5,8-10,15H2,1H3,(H,16,18). The summed E-state index contributed by atoms with van der Waals surface area (Å²) in [7, 11) is 0. The molecule has 0 saturated heterocycles. The normalized spacial score (nSPS) is 12.2. The van der Waals surface area contributed by atoms with Crippen LogP contribution in [-0.4, -0.2) is 30.2 Å². The van der Waals surface area contributed by atoms with Crippen LogP contribution in [0.15, 0.2) is 24.3 Å². The van der Waals surface area contributed by atoms with Gasteiger partial charge in [0, 0.05) is 12.1 Å². The molecular formula is C14H22N2O2. The van der Waals surface area contributed by atoms with Crippen molar-refractivity contribution in [1.82, 2.24) is 5.32 Å². The highest BCUT2D eigenvalue weighted by Gasteiger charge is 2.11. The van der Waals surface area contributed by atoms with Gasteiger partial charge in [0.1, 0.15) is 0 Å². The Bertz CT molecular complexity index is 380. The molecule has 4 heteroatoms. The van der Waals surface area contributed by atoms with Crippen LogP contribution in [0, 0.1) is 0 Å². The van der Waals surface area contributed by atoms with Crippen molar-refractivity contribution in [2.45, 2.75) is 32.3 Å². The number of nitrogens with two attached hydrogens (primary N) is 1. The fourth-order valence-corrected chi connectivity index (χ4v) is 1.86. The minimum Gasteiger partial charge on any atom is -0.391 e. The minimum absolute atomic E-state index is 0.144. The van der Waals surface area contributed by atoms with E-state index in [9.17, 15) is 9.90 Å². The SMILES string of the molecule is CCCC(O)CNC(=O)c1ccccc1CCN. The lowest BCUT2D eigenvalue weighted by Gasteiger charge is -2.12. The molecule has 1 unspecified atom stereocenters. The summed E-state index contributed by atoms with van der Waals surface area (Å²) in [5, 5.41) is 12.3. The first-order valence-electron chi connectivity index (χ1n) is 6.43. The largest absolute Gasteiger partial charge is 0.391 e. The van der Waals surface area contributed by atoms with Crippen molar-refractivity contribution >= 4 is 5.91 Å². The second kappa shape index (κ2) is 7.84. The molecule has 0 aromatic heterocycles. The number of hydrogen-bond acceptors (Lipinski definition) is 3. The molecule has 0 saturated carbocycles. The molecule has 1 rings (SSSR count). The molecular weight excluding hydrogens is 228 g/mol. The number of rotatable bonds is 7. The van der Waals surface area contributed by atoms with Gasteiger partial charge < -0.3 is 16.2 Å². The van der Waals surface area contributed by atoms with Crippen LogP contribution in [0.25, 0.3) is 0 Å². The highest BCUT2D eigenvalue weighted by molar-refractivity contribution is 5.95. The predicted octanol–water partition coefficient (Wildman–Crippen LogP) is 1.08. The smallest absolute Gasteiger partial charge is 0.251 e. The van der Waals surface area contributed by atoms with Gasteiger partial charge in [0.15, 0.2) is 0 Å². The number of aliphatic hydroxyl groups is 1. The van der Waals surface area contributed by atoms with E-state index in [4.69, 9.17) is 5.73 Å². The third-order valence-electron chi connectivity index (χ3n) is 2.80. The molecule has 1 atom stereocenters. The van der Waals surface area contributed by atoms with E-state index in [0.717, 1.165) is 12.0 Å². The summed E-state index contributed by atoms with van der Waals surface area (Å²) < 4.78 is 0. The number of benzene rings is 1. The summed E-state index contributed by atoms with van der Waals surface area (Å²) in [5.74, 6) is -0.144. The molecule has 100 valence electrons. The van der Waals surface area contributed by atoms with E-state index in [0.29, 0.717) is 31.5 Å². The first kappa shape index (κ1) is 14.7. The Hall–Kier alpha value is -1.39. The van der Waals surface area contributed by atoms with Gasteiger partial charge in [-0.2, -0.15) is 0 Å². The summed E-state index contributed by atoms with van der Waals surface area (Å²) in [6, 6.07) is 7.42. The Kier molecular flexibility index (Phi) is 6.39. The first-order chi connectivity index (χ1) is 8.69. The van der Waals surface area contributed by atoms with Crippen molar-refractivity contribution in [3.63, 3.8) is 0 Å². The van der Waals surface area contributed by atoms with Gasteiger partial charge >= 0.3 is 0 Å². The zero-order valence-electron chi connectivity index (χ0n) is 10.9. The molecule has 0 bridgehead atoms. The number of aliphatic hydroxyl groups excluding tert-OH is 1. The molecule has 1 aromatic carbocycles. The lowest BCUT2D eigenvalue weighted by atomic mass is 10.0. The van der Waals surface area contributed by atoms with Gasteiger partial charge in [0.25, 0.3) is 5.91 Å². The van der Waals surface area contributed by atoms with Crippen LogP contribution in [0.5, 0.6) is 0 Å². The molecule has 0 heterocycles. The molecule has 18 heavy (non-hydrogen) atoms. The van der Waals surface area contributed by atoms with E-state index in [1.54, 1.807) is 6.07 Å². The van der Waals surface area contributed by atoms with Crippen molar-refractivity contribution in [3.8, 4) is 0 Å². The maximum absolute atomic E-state index is 12.0. The van der Waals surface area contributed by atoms with E-state index >= 15 is 0 Å². The summed E-state index contributed by atoms with van der Waals surface area (Å²) in [5.41, 5.74) is 7.11. The van der Waals surface area contributed by atoms with Gasteiger partial charge in [0.05, 0.1) is 6.10 Å². The van der Waals surface area contributed by atoms with Crippen LogP contribution < -0.4 is 11.1 Å². The zero-order chi connectivity index (χ0) is 13.4. The third-order valence-corrected chi connectivity index (χ3v) is 2.80. The van der Waals surface area contributed by atoms with E-state index < -0.39 is 6.10 Å². The highest BCUT2D eigenvalue weighted by Crippen LogP contribution is 2.09. The van der Waals surface area contributed by atoms with Crippen molar-refractivity contribution < 1.29 is 9.90 Å². The molecule has 1 amide bonds. The van der Waals surface area contributed by atoms with Crippen molar-refractivity contribution in [2.24, 2.45) is 5.73 Å². The Morgan fingerprint density at radius 3 is 2.83 bits per heavy atom. The van der Waals surface area contributed by atoms with E-state index in [1.165, 1.54) is 0 Å². The van der Waals surface area contributed by atoms with Gasteiger partial charge in [-0.05, 0) is 31.0 Å². The van der Waals surface area contributed by atoms with Crippen LogP contribution in [-0.2, 0) is 6.42 Å². The lowest BCUT2D eigenvalue weighted by Crippen LogP contribution is -2.32. The topological polar surface area (TPSA) is 75.3 Å². The predicted molar refractivity (Wildman–Crippen MR) is 72.4 cm³/mol. The molecule has 1 aromatic rings. The van der Waals surface area contributed by atoms with Gasteiger partial charge in [-0.3, -0.25) is 4.79 Å². The number of carbonyl (C=O) groups is 1. The van der Waals surface area contributed by atoms with Crippen LogP contribution in [0.3, 0.4) is 0 Å². The van der Waals surface area contributed by atoms with Gasteiger partial charge in [0.2, 0.25) is 0 Å². The van der Waals surface area contributed by atoms with Crippen LogP contribution in [0.1, 0.15) is 35.7 Å². The average molecular weight is 250 g/mol. The molecule has 0 fully saturated rings. The number of nitrogens with one attached hydrogen (secondary N) is 1. The van der Waals surface area contributed by atoms with E-state index in [1.807, 2.05) is 25.1 Å². The zero-order valence-corrected chi connectivity index (χ0v) is 10.9. The van der Waals surface area contributed by atoms with Gasteiger partial charge in [-0.1, -0.05) is 31.5 Å². The molecule has 0 aliphatic heterocycles. The Balaban J connectivity index is 2.60. The number of carbonyl (C=O) groups excluding carboxylic acids is 1. The number of amides is 1. The summed E-state index contributed by atoms with van der Waals surface area (Å²) in [4.78, 5) is 12.0. The van der Waals surface area contributed by atoms with Crippen molar-refractivity contribution in [3.05, 3.63) is 35.4 Å². The fourth-order valence-electron chi connectivity index (χ4n) is 1.86. The number of hydrogen-bond donors (Lipinski definition) is 3. The van der Waals surface area contributed by atoms with Crippen molar-refractivity contribution in [1.29, 1.82) is 0 Å². The summed E-state index contributed by atoms with van der Waals surface area (Å²) in [6.07, 6.45) is 1.81. The van der Waals surface area contributed by atoms with Gasteiger partial charge in [-0.15, -0.1) is 0 Å². The van der Waals surface area contributed by atoms with Crippen LogP contribution in [0.2, 0.25) is 0 Å². The highest BCUT2D eigenvalue weighted by atomic mass is 16.3. The summed E-state index contributed by atoms with van der Waals surface area (Å²) in [6.45, 7) is 2.81. The second-order valence-electron chi connectivity index (χ2n) is 4.35. The second-order valence-corrected chi connectivity index (χ2v) is 4.35. The maximum atomic E-state index is 12.0. The van der Waals surface area contributed by atoms with E-state index in [2.05, 4.69) is 5.32 Å². The fraction of sp³-hybridized carbons (Fsp3) is 0.500. The maximum Gasteiger partial charge on any atom is 0.251 e. The third kappa shape index (κ3) is 4.47. The van der Waals surface area contributed by atoms with Crippen molar-refractivity contribution in [2.75, 3.05) is 13.1 Å². The monoisotopic (exact) mass is 250 g/mol. The Labute approximate surface area is 108 Å². The minimum atomic E-state index is -0.472. The molecule has 4 N–H and O–H groups in total. The lowest BCUT2D eigenvalue weighted by molar-refractivity contribution is 0.0909. The summed E-state index contributed by atoms with van der Waals surface area (Å²) >= 11 is 0. The first-order valence-corrected chi connectivity index (χ1v) is 6.43.